The molecule has 0 saturated heterocycles. The van der Waals surface area contributed by atoms with Crippen LogP contribution in [0.2, 0.25) is 0 Å². The van der Waals surface area contributed by atoms with Crippen molar-refractivity contribution >= 4 is 29.2 Å². The van der Waals surface area contributed by atoms with Crippen molar-refractivity contribution in [3.8, 4) is 0 Å². The van der Waals surface area contributed by atoms with E-state index in [1.54, 1.807) is 52.4 Å². The summed E-state index contributed by atoms with van der Waals surface area (Å²) in [6, 6.07) is 19.9. The van der Waals surface area contributed by atoms with E-state index in [0.717, 1.165) is 5.56 Å². The summed E-state index contributed by atoms with van der Waals surface area (Å²) in [5.41, 5.74) is 2.55. The molecular weight excluding hydrogens is 392 g/mol. The Bertz CT molecular complexity index is 1180. The lowest BCUT2D eigenvalue weighted by Gasteiger charge is -2.41. The van der Waals surface area contributed by atoms with Gasteiger partial charge in [-0.15, -0.1) is 0 Å². The summed E-state index contributed by atoms with van der Waals surface area (Å²) in [6.07, 6.45) is 1.82. The van der Waals surface area contributed by atoms with E-state index < -0.39 is 6.17 Å². The Morgan fingerprint density at radius 1 is 0.903 bits per heavy atom. The Morgan fingerprint density at radius 2 is 1.65 bits per heavy atom. The van der Waals surface area contributed by atoms with E-state index in [1.165, 1.54) is 0 Å². The van der Waals surface area contributed by atoms with Gasteiger partial charge in [-0.3, -0.25) is 19.3 Å². The molecule has 0 radical (unpaired) electrons. The first kappa shape index (κ1) is 19.0. The third-order valence-corrected chi connectivity index (χ3v) is 5.62. The van der Waals surface area contributed by atoms with Crippen LogP contribution in [0.3, 0.4) is 0 Å². The largest absolute Gasteiger partial charge is 0.313 e. The topological polar surface area (TPSA) is 82.6 Å². The second-order valence-electron chi connectivity index (χ2n) is 7.52. The smallest absolute Gasteiger partial charge is 0.260 e. The van der Waals surface area contributed by atoms with Crippen LogP contribution in [0.4, 0.5) is 11.5 Å². The summed E-state index contributed by atoms with van der Waals surface area (Å²) in [6.45, 7) is 0.353. The number of nitrogens with zero attached hydrogens (tertiary/aromatic N) is 3. The minimum Gasteiger partial charge on any atom is -0.313 e. The van der Waals surface area contributed by atoms with Crippen LogP contribution in [-0.4, -0.2) is 34.2 Å². The number of anilines is 2. The second-order valence-corrected chi connectivity index (χ2v) is 7.52. The number of aromatic nitrogens is 1. The summed E-state index contributed by atoms with van der Waals surface area (Å²) in [5.74, 6) is 0.0882. The van der Waals surface area contributed by atoms with Gasteiger partial charge in [-0.2, -0.15) is 0 Å². The first-order valence-electron chi connectivity index (χ1n) is 10.2. The number of fused-ring (bicyclic) bond motifs is 5. The number of carbonyl (C=O) groups is 3. The Balaban J connectivity index is 1.38. The van der Waals surface area contributed by atoms with Gasteiger partial charge in [0.05, 0.1) is 11.3 Å². The molecule has 2 aromatic carbocycles. The Kier molecular flexibility index (Phi) is 4.71. The fourth-order valence-electron chi connectivity index (χ4n) is 4.25. The first-order valence-corrected chi connectivity index (χ1v) is 10.2. The molecule has 1 aromatic heterocycles. The summed E-state index contributed by atoms with van der Waals surface area (Å²) in [5, 5.41) is 2.76. The summed E-state index contributed by atoms with van der Waals surface area (Å²) < 4.78 is 0. The number of amides is 3. The van der Waals surface area contributed by atoms with E-state index >= 15 is 0 Å². The maximum atomic E-state index is 13.3. The van der Waals surface area contributed by atoms with E-state index in [2.05, 4.69) is 10.3 Å². The molecule has 0 aliphatic carbocycles. The predicted molar refractivity (Wildman–Crippen MR) is 116 cm³/mol. The number of para-hydroxylation sites is 1. The lowest BCUT2D eigenvalue weighted by Crippen LogP contribution is -2.48. The van der Waals surface area contributed by atoms with Crippen molar-refractivity contribution in [1.82, 2.24) is 9.88 Å². The Labute approximate surface area is 179 Å². The molecule has 0 bridgehead atoms. The van der Waals surface area contributed by atoms with Crippen molar-refractivity contribution in [2.75, 3.05) is 16.8 Å². The zero-order chi connectivity index (χ0) is 21.4. The molecule has 0 fully saturated rings. The molecule has 2 aliphatic rings. The molecule has 2 aliphatic heterocycles. The summed E-state index contributed by atoms with van der Waals surface area (Å²) >= 11 is 0. The van der Waals surface area contributed by atoms with Crippen LogP contribution in [0.15, 0.2) is 72.9 Å². The Hall–Kier alpha value is -4.00. The number of nitrogens with one attached hydrogen (secondary N) is 1. The van der Waals surface area contributed by atoms with Gasteiger partial charge in [0, 0.05) is 30.3 Å². The average molecular weight is 412 g/mol. The summed E-state index contributed by atoms with van der Waals surface area (Å²) in [4.78, 5) is 46.2. The zero-order valence-electron chi connectivity index (χ0n) is 16.7. The van der Waals surface area contributed by atoms with Gasteiger partial charge in [0.25, 0.3) is 11.8 Å². The fourth-order valence-corrected chi connectivity index (χ4v) is 4.25. The molecule has 1 unspecified atom stereocenters. The summed E-state index contributed by atoms with van der Waals surface area (Å²) in [7, 11) is 0. The standard InChI is InChI=1S/C24H20N4O3/c29-21(26-20-12-5-6-14-25-20)13-7-15-27-22-16-8-1-2-9-17(16)24(31)28(22)19-11-4-3-10-18(19)23(27)30/h1-6,8-12,14,22H,7,13,15H2,(H,25,26,29). The van der Waals surface area contributed by atoms with E-state index in [-0.39, 0.29) is 24.1 Å². The maximum Gasteiger partial charge on any atom is 0.260 e. The number of rotatable bonds is 5. The normalized spacial score (nSPS) is 16.6. The van der Waals surface area contributed by atoms with Gasteiger partial charge in [0.1, 0.15) is 12.0 Å². The van der Waals surface area contributed by atoms with Gasteiger partial charge in [0.2, 0.25) is 5.91 Å². The number of pyridine rings is 1. The molecule has 0 spiro atoms. The number of benzene rings is 2. The number of hydrogen-bond donors (Lipinski definition) is 1. The highest BCUT2D eigenvalue weighted by molar-refractivity contribution is 6.16. The lowest BCUT2D eigenvalue weighted by molar-refractivity contribution is -0.116. The zero-order valence-corrected chi connectivity index (χ0v) is 16.7. The molecule has 0 saturated carbocycles. The molecule has 3 amide bonds. The maximum absolute atomic E-state index is 13.3. The van der Waals surface area contributed by atoms with Gasteiger partial charge in [-0.05, 0) is 36.8 Å². The molecule has 5 rings (SSSR count). The van der Waals surface area contributed by atoms with Crippen LogP contribution in [0.5, 0.6) is 0 Å². The van der Waals surface area contributed by atoms with Crippen molar-refractivity contribution in [3.05, 3.63) is 89.6 Å². The SMILES string of the molecule is O=C(CCCN1C(=O)c2ccccc2N2C(=O)c3ccccc3C12)Nc1ccccn1. The van der Waals surface area contributed by atoms with Crippen LogP contribution < -0.4 is 10.2 Å². The second kappa shape index (κ2) is 7.68. The van der Waals surface area contributed by atoms with Crippen LogP contribution in [0, 0.1) is 0 Å². The number of hydrogen-bond acceptors (Lipinski definition) is 4. The third kappa shape index (κ3) is 3.24. The highest BCUT2D eigenvalue weighted by Crippen LogP contribution is 2.45. The van der Waals surface area contributed by atoms with Crippen LogP contribution in [-0.2, 0) is 4.79 Å². The van der Waals surface area contributed by atoms with Crippen LogP contribution >= 0.6 is 0 Å². The van der Waals surface area contributed by atoms with Crippen molar-refractivity contribution in [1.29, 1.82) is 0 Å². The van der Waals surface area contributed by atoms with E-state index in [1.807, 2.05) is 30.3 Å². The van der Waals surface area contributed by atoms with Crippen molar-refractivity contribution in [2.45, 2.75) is 19.0 Å². The minimum atomic E-state index is -0.495. The molecule has 3 aromatic rings. The predicted octanol–water partition coefficient (Wildman–Crippen LogP) is 3.62. The van der Waals surface area contributed by atoms with Gasteiger partial charge < -0.3 is 10.2 Å². The van der Waals surface area contributed by atoms with Crippen molar-refractivity contribution in [3.63, 3.8) is 0 Å². The molecule has 154 valence electrons. The van der Waals surface area contributed by atoms with Gasteiger partial charge >= 0.3 is 0 Å². The van der Waals surface area contributed by atoms with Gasteiger partial charge in [-0.25, -0.2) is 4.98 Å². The quantitative estimate of drug-likeness (QED) is 0.694. The van der Waals surface area contributed by atoms with Gasteiger partial charge in [0.15, 0.2) is 0 Å². The van der Waals surface area contributed by atoms with E-state index in [4.69, 9.17) is 0 Å². The molecule has 7 heteroatoms. The lowest BCUT2D eigenvalue weighted by atomic mass is 10.0. The Morgan fingerprint density at radius 3 is 2.45 bits per heavy atom. The average Bonchev–Trinajstić information content (AvgIpc) is 3.09. The first-order chi connectivity index (χ1) is 15.1. The van der Waals surface area contributed by atoms with E-state index in [9.17, 15) is 14.4 Å². The van der Waals surface area contributed by atoms with Crippen LogP contribution in [0.1, 0.15) is 45.3 Å². The molecule has 1 N–H and O–H groups in total. The molecular formula is C24H20N4O3. The van der Waals surface area contributed by atoms with Crippen LogP contribution in [0.25, 0.3) is 0 Å². The highest BCUT2D eigenvalue weighted by Gasteiger charge is 2.47. The fraction of sp³-hybridized carbons (Fsp3) is 0.167. The third-order valence-electron chi connectivity index (χ3n) is 5.62. The molecule has 1 atom stereocenters. The van der Waals surface area contributed by atoms with E-state index in [0.29, 0.717) is 35.6 Å². The minimum absolute atomic E-state index is 0.113. The molecule has 7 nitrogen and oxygen atoms in total. The van der Waals surface area contributed by atoms with Crippen molar-refractivity contribution in [2.24, 2.45) is 0 Å². The number of carbonyl (C=O) groups excluding carboxylic acids is 3. The molecule has 31 heavy (non-hydrogen) atoms. The molecule has 3 heterocycles. The monoisotopic (exact) mass is 412 g/mol. The van der Waals surface area contributed by atoms with Gasteiger partial charge in [-0.1, -0.05) is 36.4 Å². The van der Waals surface area contributed by atoms with Crippen molar-refractivity contribution < 1.29 is 14.4 Å². The highest BCUT2D eigenvalue weighted by atomic mass is 16.2.